The molecule has 2 aromatic rings. The number of carbonyl (C=O) groups is 2. The highest BCUT2D eigenvalue weighted by atomic mass is 35.5. The molecule has 0 atom stereocenters. The van der Waals surface area contributed by atoms with Crippen molar-refractivity contribution in [2.45, 2.75) is 6.42 Å². The van der Waals surface area contributed by atoms with Crippen LogP contribution in [0.25, 0.3) is 0 Å². The Labute approximate surface area is 180 Å². The standard InChI is InChI=1S/C22H24ClN3O4/c23-18-4-2-1-3-17(18)22(28)26-11-9-25(10-12-26)8-7-21(27)24-16-5-6-19-20(15-16)30-14-13-29-19/h1-6,15H,7-14H2,(H,24,27). The highest BCUT2D eigenvalue weighted by molar-refractivity contribution is 6.33. The number of piperazine rings is 1. The van der Waals surface area contributed by atoms with E-state index in [1.165, 1.54) is 0 Å². The third-order valence-electron chi connectivity index (χ3n) is 5.24. The highest BCUT2D eigenvalue weighted by Crippen LogP contribution is 2.32. The van der Waals surface area contributed by atoms with Gasteiger partial charge in [-0.15, -0.1) is 0 Å². The fourth-order valence-corrected chi connectivity index (χ4v) is 3.80. The van der Waals surface area contributed by atoms with E-state index in [0.29, 0.717) is 67.0 Å². The van der Waals surface area contributed by atoms with E-state index in [1.54, 1.807) is 24.3 Å². The number of carbonyl (C=O) groups excluding carboxylic acids is 2. The van der Waals surface area contributed by atoms with Gasteiger partial charge in [-0.25, -0.2) is 0 Å². The maximum Gasteiger partial charge on any atom is 0.255 e. The van der Waals surface area contributed by atoms with Crippen LogP contribution in [0.15, 0.2) is 42.5 Å². The molecular weight excluding hydrogens is 406 g/mol. The van der Waals surface area contributed by atoms with Gasteiger partial charge in [-0.05, 0) is 24.3 Å². The molecule has 158 valence electrons. The molecule has 0 saturated carbocycles. The summed E-state index contributed by atoms with van der Waals surface area (Å²) in [6.07, 6.45) is 0.382. The number of hydrogen-bond acceptors (Lipinski definition) is 5. The van der Waals surface area contributed by atoms with Crippen LogP contribution >= 0.6 is 11.6 Å². The first-order chi connectivity index (χ1) is 14.6. The zero-order valence-electron chi connectivity index (χ0n) is 16.6. The van der Waals surface area contributed by atoms with Crippen molar-refractivity contribution in [3.63, 3.8) is 0 Å². The van der Waals surface area contributed by atoms with Crippen LogP contribution in [0.1, 0.15) is 16.8 Å². The summed E-state index contributed by atoms with van der Waals surface area (Å²) in [5.74, 6) is 1.25. The second kappa shape index (κ2) is 9.36. The zero-order valence-corrected chi connectivity index (χ0v) is 17.4. The van der Waals surface area contributed by atoms with E-state index in [2.05, 4.69) is 10.2 Å². The van der Waals surface area contributed by atoms with E-state index in [-0.39, 0.29) is 11.8 Å². The third-order valence-corrected chi connectivity index (χ3v) is 5.57. The van der Waals surface area contributed by atoms with Gasteiger partial charge in [0.25, 0.3) is 5.91 Å². The predicted octanol–water partition coefficient (Wildman–Crippen LogP) is 2.90. The summed E-state index contributed by atoms with van der Waals surface area (Å²) in [6.45, 7) is 4.39. The van der Waals surface area contributed by atoms with E-state index >= 15 is 0 Å². The molecule has 0 radical (unpaired) electrons. The van der Waals surface area contributed by atoms with Crippen molar-refractivity contribution < 1.29 is 19.1 Å². The second-order valence-electron chi connectivity index (χ2n) is 7.27. The molecule has 2 aromatic carbocycles. The number of benzene rings is 2. The second-order valence-corrected chi connectivity index (χ2v) is 7.68. The molecule has 0 bridgehead atoms. The first-order valence-corrected chi connectivity index (χ1v) is 10.4. The lowest BCUT2D eigenvalue weighted by Gasteiger charge is -2.34. The maximum absolute atomic E-state index is 12.6. The minimum Gasteiger partial charge on any atom is -0.486 e. The molecule has 30 heavy (non-hydrogen) atoms. The third kappa shape index (κ3) is 4.86. The number of anilines is 1. The molecule has 1 fully saturated rings. The molecular formula is C22H24ClN3O4. The fraction of sp³-hybridized carbons (Fsp3) is 0.364. The summed E-state index contributed by atoms with van der Waals surface area (Å²) in [7, 11) is 0. The summed E-state index contributed by atoms with van der Waals surface area (Å²) in [5.41, 5.74) is 1.23. The van der Waals surface area contributed by atoms with Crippen molar-refractivity contribution in [3.8, 4) is 11.5 Å². The van der Waals surface area contributed by atoms with Crippen LogP contribution in [0, 0.1) is 0 Å². The molecule has 7 nitrogen and oxygen atoms in total. The van der Waals surface area contributed by atoms with Crippen LogP contribution < -0.4 is 14.8 Å². The normalized spacial score (nSPS) is 16.2. The average molecular weight is 430 g/mol. The molecule has 0 aliphatic carbocycles. The largest absolute Gasteiger partial charge is 0.486 e. The van der Waals surface area contributed by atoms with Gasteiger partial charge >= 0.3 is 0 Å². The summed E-state index contributed by atoms with van der Waals surface area (Å²) >= 11 is 6.14. The molecule has 0 unspecified atom stereocenters. The zero-order chi connectivity index (χ0) is 20.9. The molecule has 0 aromatic heterocycles. The number of amides is 2. The first-order valence-electron chi connectivity index (χ1n) is 10.1. The average Bonchev–Trinajstić information content (AvgIpc) is 2.78. The van der Waals surface area contributed by atoms with Gasteiger partial charge in [0.05, 0.1) is 10.6 Å². The molecule has 2 aliphatic rings. The van der Waals surface area contributed by atoms with Gasteiger partial charge < -0.3 is 19.7 Å². The minimum atomic E-state index is -0.0544. The van der Waals surface area contributed by atoms with Gasteiger partial charge in [-0.1, -0.05) is 23.7 Å². The van der Waals surface area contributed by atoms with Crippen molar-refractivity contribution >= 4 is 29.1 Å². The number of hydrogen-bond donors (Lipinski definition) is 1. The number of fused-ring (bicyclic) bond motifs is 1. The van der Waals surface area contributed by atoms with Gasteiger partial charge in [0.1, 0.15) is 13.2 Å². The van der Waals surface area contributed by atoms with E-state index in [1.807, 2.05) is 23.1 Å². The topological polar surface area (TPSA) is 71.1 Å². The summed E-state index contributed by atoms with van der Waals surface area (Å²) < 4.78 is 11.0. The Kier molecular flexibility index (Phi) is 6.40. The smallest absolute Gasteiger partial charge is 0.255 e. The van der Waals surface area contributed by atoms with Crippen molar-refractivity contribution in [3.05, 3.63) is 53.1 Å². The summed E-state index contributed by atoms with van der Waals surface area (Å²) in [5, 5.41) is 3.38. The van der Waals surface area contributed by atoms with E-state index in [9.17, 15) is 9.59 Å². The Morgan fingerprint density at radius 3 is 2.47 bits per heavy atom. The molecule has 2 aliphatic heterocycles. The van der Waals surface area contributed by atoms with Crippen LogP contribution in [-0.2, 0) is 4.79 Å². The lowest BCUT2D eigenvalue weighted by molar-refractivity contribution is -0.116. The maximum atomic E-state index is 12.6. The SMILES string of the molecule is O=C(CCN1CCN(C(=O)c2ccccc2Cl)CC1)Nc1ccc2c(c1)OCCO2. The number of rotatable bonds is 5. The summed E-state index contributed by atoms with van der Waals surface area (Å²) in [6, 6.07) is 12.5. The van der Waals surface area contributed by atoms with Crippen LogP contribution in [0.4, 0.5) is 5.69 Å². The van der Waals surface area contributed by atoms with E-state index < -0.39 is 0 Å². The number of nitrogens with one attached hydrogen (secondary N) is 1. The van der Waals surface area contributed by atoms with Crippen molar-refractivity contribution in [1.29, 1.82) is 0 Å². The Morgan fingerprint density at radius 1 is 0.967 bits per heavy atom. The minimum absolute atomic E-state index is 0.0448. The fourth-order valence-electron chi connectivity index (χ4n) is 3.58. The van der Waals surface area contributed by atoms with Crippen molar-refractivity contribution in [1.82, 2.24) is 9.80 Å². The molecule has 2 heterocycles. The molecule has 2 amide bonds. The van der Waals surface area contributed by atoms with Gasteiger partial charge in [-0.2, -0.15) is 0 Å². The molecule has 0 spiro atoms. The Balaban J connectivity index is 1.22. The van der Waals surface area contributed by atoms with E-state index in [4.69, 9.17) is 21.1 Å². The predicted molar refractivity (Wildman–Crippen MR) is 114 cm³/mol. The van der Waals surface area contributed by atoms with Gasteiger partial charge in [0.2, 0.25) is 5.91 Å². The van der Waals surface area contributed by atoms with Crippen LogP contribution in [0.3, 0.4) is 0 Å². The monoisotopic (exact) mass is 429 g/mol. The Hall–Kier alpha value is -2.77. The van der Waals surface area contributed by atoms with Gasteiger partial charge in [0, 0.05) is 50.9 Å². The van der Waals surface area contributed by atoms with Gasteiger partial charge in [-0.3, -0.25) is 14.5 Å². The molecule has 8 heteroatoms. The Morgan fingerprint density at radius 2 is 1.70 bits per heavy atom. The lowest BCUT2D eigenvalue weighted by Crippen LogP contribution is -2.49. The Bertz CT molecular complexity index is 928. The molecule has 1 N–H and O–H groups in total. The molecule has 1 saturated heterocycles. The van der Waals surface area contributed by atoms with Crippen molar-refractivity contribution in [2.75, 3.05) is 51.3 Å². The number of halogens is 1. The molecule has 4 rings (SSSR count). The van der Waals surface area contributed by atoms with Crippen LogP contribution in [0.5, 0.6) is 11.5 Å². The van der Waals surface area contributed by atoms with Crippen LogP contribution in [-0.4, -0.2) is 67.6 Å². The van der Waals surface area contributed by atoms with E-state index in [0.717, 1.165) is 13.1 Å². The van der Waals surface area contributed by atoms with Crippen molar-refractivity contribution in [2.24, 2.45) is 0 Å². The van der Waals surface area contributed by atoms with Gasteiger partial charge in [0.15, 0.2) is 11.5 Å². The number of nitrogens with zero attached hydrogens (tertiary/aromatic N) is 2. The highest BCUT2D eigenvalue weighted by Gasteiger charge is 2.23. The number of ether oxygens (including phenoxy) is 2. The first kappa shape index (κ1) is 20.5. The lowest BCUT2D eigenvalue weighted by atomic mass is 10.1. The quantitative estimate of drug-likeness (QED) is 0.791. The summed E-state index contributed by atoms with van der Waals surface area (Å²) in [4.78, 5) is 29.0. The van der Waals surface area contributed by atoms with Crippen LogP contribution in [0.2, 0.25) is 5.02 Å².